The predicted molar refractivity (Wildman–Crippen MR) is 127 cm³/mol. The Morgan fingerprint density at radius 2 is 1.88 bits per heavy atom. The Hall–Kier alpha value is -3.64. The number of nitrogens with one attached hydrogen (secondary N) is 1. The summed E-state index contributed by atoms with van der Waals surface area (Å²) in [7, 11) is 1.60. The number of methoxy groups -OCH3 is 1. The van der Waals surface area contributed by atoms with Gasteiger partial charge in [0, 0.05) is 0 Å². The van der Waals surface area contributed by atoms with Crippen LogP contribution in [-0.2, 0) is 9.59 Å². The minimum absolute atomic E-state index is 0.0690. The molecule has 1 aliphatic rings. The number of hydrogen-bond acceptors (Lipinski definition) is 4. The number of fused-ring (bicyclic) bond motifs is 1. The van der Waals surface area contributed by atoms with Crippen LogP contribution in [-0.4, -0.2) is 31.2 Å². The molecule has 0 atom stereocenters. The maximum atomic E-state index is 13.2. The quantitative estimate of drug-likeness (QED) is 0.587. The van der Waals surface area contributed by atoms with Crippen molar-refractivity contribution >= 4 is 46.2 Å². The smallest absolute Gasteiger partial charge is 0.244 e. The number of hydrogen-bond donors (Lipinski definition) is 1. The van der Waals surface area contributed by atoms with Crippen LogP contribution in [0.2, 0.25) is 5.02 Å². The van der Waals surface area contributed by atoms with E-state index in [-0.39, 0.29) is 24.8 Å². The molecule has 3 aromatic carbocycles. The lowest BCUT2D eigenvalue weighted by atomic mass is 10.1. The van der Waals surface area contributed by atoms with E-state index in [0.29, 0.717) is 27.8 Å². The van der Waals surface area contributed by atoms with Crippen LogP contribution >= 0.6 is 11.6 Å². The van der Waals surface area contributed by atoms with Gasteiger partial charge in [-0.2, -0.15) is 0 Å². The molecule has 0 spiro atoms. The number of benzene rings is 3. The van der Waals surface area contributed by atoms with Crippen molar-refractivity contribution in [2.75, 3.05) is 23.9 Å². The van der Waals surface area contributed by atoms with Crippen LogP contribution in [0.5, 0.6) is 5.75 Å². The van der Waals surface area contributed by atoms with Gasteiger partial charge >= 0.3 is 0 Å². The lowest BCUT2D eigenvalue weighted by molar-refractivity contribution is -0.120. The minimum Gasteiger partial charge on any atom is -0.497 e. The molecule has 3 aromatic rings. The van der Waals surface area contributed by atoms with Crippen molar-refractivity contribution in [3.8, 4) is 5.75 Å². The van der Waals surface area contributed by atoms with E-state index in [4.69, 9.17) is 21.3 Å². The van der Waals surface area contributed by atoms with Crippen LogP contribution in [0.3, 0.4) is 0 Å². The maximum absolute atomic E-state index is 13.2. The van der Waals surface area contributed by atoms with Gasteiger partial charge in [-0.05, 0) is 66.6 Å². The second kappa shape index (κ2) is 9.24. The van der Waals surface area contributed by atoms with Crippen molar-refractivity contribution in [2.45, 2.75) is 13.3 Å². The molecule has 0 saturated heterocycles. The van der Waals surface area contributed by atoms with Gasteiger partial charge in [-0.1, -0.05) is 29.8 Å². The standard InChI is InChI=1S/C25H22ClN3O3/c1-16-7-12-20(19(26)13-16)28-24(30)15-29-23-6-4-3-5-21(23)27-22(14-25(29)31)17-8-10-18(32-2)11-9-17/h3-13H,14-15H2,1-2H3,(H,28,30). The Labute approximate surface area is 191 Å². The molecular formula is C25H22ClN3O3. The Balaban J connectivity index is 1.60. The van der Waals surface area contributed by atoms with E-state index in [9.17, 15) is 9.59 Å². The van der Waals surface area contributed by atoms with Crippen LogP contribution in [0, 0.1) is 6.92 Å². The highest BCUT2D eigenvalue weighted by molar-refractivity contribution is 6.33. The van der Waals surface area contributed by atoms with E-state index in [1.807, 2.05) is 55.5 Å². The molecule has 1 aliphatic heterocycles. The Kier molecular flexibility index (Phi) is 6.23. The summed E-state index contributed by atoms with van der Waals surface area (Å²) in [6.45, 7) is 1.77. The highest BCUT2D eigenvalue weighted by atomic mass is 35.5. The lowest BCUT2D eigenvalue weighted by Crippen LogP contribution is -2.38. The number of carbonyl (C=O) groups is 2. The summed E-state index contributed by atoms with van der Waals surface area (Å²) in [6.07, 6.45) is 0.0690. The van der Waals surface area contributed by atoms with Gasteiger partial charge in [-0.3, -0.25) is 14.6 Å². The van der Waals surface area contributed by atoms with E-state index in [1.165, 1.54) is 4.90 Å². The fourth-order valence-electron chi connectivity index (χ4n) is 3.52. The molecule has 0 aromatic heterocycles. The molecule has 6 nitrogen and oxygen atoms in total. The van der Waals surface area contributed by atoms with Crippen molar-refractivity contribution < 1.29 is 14.3 Å². The first-order valence-corrected chi connectivity index (χ1v) is 10.5. The second-order valence-corrected chi connectivity index (χ2v) is 7.87. The third-order valence-corrected chi connectivity index (χ3v) is 5.48. The van der Waals surface area contributed by atoms with E-state index in [0.717, 1.165) is 16.9 Å². The topological polar surface area (TPSA) is 71.0 Å². The second-order valence-electron chi connectivity index (χ2n) is 7.46. The molecule has 7 heteroatoms. The average Bonchev–Trinajstić information content (AvgIpc) is 2.92. The number of anilines is 2. The third-order valence-electron chi connectivity index (χ3n) is 5.17. The molecule has 32 heavy (non-hydrogen) atoms. The number of para-hydroxylation sites is 2. The molecule has 162 valence electrons. The Bertz CT molecular complexity index is 1210. The van der Waals surface area contributed by atoms with Gasteiger partial charge in [0.05, 0.1) is 41.3 Å². The Morgan fingerprint density at radius 1 is 1.12 bits per heavy atom. The third kappa shape index (κ3) is 4.65. The summed E-state index contributed by atoms with van der Waals surface area (Å²) in [5.74, 6) is 0.171. The highest BCUT2D eigenvalue weighted by Gasteiger charge is 2.26. The minimum atomic E-state index is -0.341. The number of aliphatic imine (C=N–C) groups is 1. The summed E-state index contributed by atoms with van der Waals surface area (Å²) >= 11 is 6.24. The van der Waals surface area contributed by atoms with Crippen molar-refractivity contribution in [3.05, 3.63) is 82.9 Å². The molecule has 2 amide bonds. The zero-order valence-corrected chi connectivity index (χ0v) is 18.5. The van der Waals surface area contributed by atoms with Gasteiger partial charge in [0.25, 0.3) is 0 Å². The fraction of sp³-hybridized carbons (Fsp3) is 0.160. The lowest BCUT2D eigenvalue weighted by Gasteiger charge is -2.22. The van der Waals surface area contributed by atoms with Crippen molar-refractivity contribution in [1.82, 2.24) is 0 Å². The highest BCUT2D eigenvalue weighted by Crippen LogP contribution is 2.33. The van der Waals surface area contributed by atoms with E-state index < -0.39 is 0 Å². The van der Waals surface area contributed by atoms with Gasteiger partial charge in [0.15, 0.2) is 0 Å². The van der Waals surface area contributed by atoms with Gasteiger partial charge in [-0.25, -0.2) is 0 Å². The fourth-order valence-corrected chi connectivity index (χ4v) is 3.81. The van der Waals surface area contributed by atoms with Crippen LogP contribution in [0.4, 0.5) is 17.1 Å². The largest absolute Gasteiger partial charge is 0.497 e. The molecule has 1 N–H and O–H groups in total. The van der Waals surface area contributed by atoms with E-state index in [1.54, 1.807) is 25.3 Å². The normalized spacial score (nSPS) is 13.2. The molecule has 0 bridgehead atoms. The predicted octanol–water partition coefficient (Wildman–Crippen LogP) is 5.15. The molecule has 0 saturated carbocycles. The molecular weight excluding hydrogens is 426 g/mol. The van der Waals surface area contributed by atoms with Crippen molar-refractivity contribution in [2.24, 2.45) is 4.99 Å². The molecule has 0 fully saturated rings. The van der Waals surface area contributed by atoms with Crippen LogP contribution < -0.4 is 15.0 Å². The number of halogens is 1. The first kappa shape index (κ1) is 21.6. The molecule has 0 aliphatic carbocycles. The number of carbonyl (C=O) groups excluding carboxylic acids is 2. The molecule has 4 rings (SSSR count). The number of aryl methyl sites for hydroxylation is 1. The SMILES string of the molecule is COc1ccc(C2=Nc3ccccc3N(CC(=O)Nc3ccc(C)cc3Cl)C(=O)C2)cc1. The summed E-state index contributed by atoms with van der Waals surface area (Å²) in [5, 5.41) is 3.25. The number of nitrogens with zero attached hydrogens (tertiary/aromatic N) is 2. The summed E-state index contributed by atoms with van der Waals surface area (Å²) in [6, 6.07) is 20.1. The van der Waals surface area contributed by atoms with Gasteiger partial charge in [-0.15, -0.1) is 0 Å². The average molecular weight is 448 g/mol. The maximum Gasteiger partial charge on any atom is 0.244 e. The number of amides is 2. The van der Waals surface area contributed by atoms with Crippen molar-refractivity contribution in [3.63, 3.8) is 0 Å². The molecule has 1 heterocycles. The first-order chi connectivity index (χ1) is 15.4. The van der Waals surface area contributed by atoms with Gasteiger partial charge in [0.1, 0.15) is 12.3 Å². The summed E-state index contributed by atoms with van der Waals surface area (Å²) in [4.78, 5) is 32.2. The summed E-state index contributed by atoms with van der Waals surface area (Å²) < 4.78 is 5.21. The van der Waals surface area contributed by atoms with Crippen LogP contribution in [0.1, 0.15) is 17.5 Å². The van der Waals surface area contributed by atoms with Crippen LogP contribution in [0.25, 0.3) is 0 Å². The van der Waals surface area contributed by atoms with E-state index in [2.05, 4.69) is 5.32 Å². The Morgan fingerprint density at radius 3 is 2.59 bits per heavy atom. The number of rotatable bonds is 5. The molecule has 0 radical (unpaired) electrons. The van der Waals surface area contributed by atoms with Crippen LogP contribution in [0.15, 0.2) is 71.7 Å². The first-order valence-electron chi connectivity index (χ1n) is 10.1. The van der Waals surface area contributed by atoms with E-state index >= 15 is 0 Å². The molecule has 0 unspecified atom stereocenters. The number of ether oxygens (including phenoxy) is 1. The monoisotopic (exact) mass is 447 g/mol. The zero-order chi connectivity index (χ0) is 22.7. The van der Waals surface area contributed by atoms with Gasteiger partial charge in [0.2, 0.25) is 11.8 Å². The van der Waals surface area contributed by atoms with Crippen molar-refractivity contribution in [1.29, 1.82) is 0 Å². The zero-order valence-electron chi connectivity index (χ0n) is 17.8. The summed E-state index contributed by atoms with van der Waals surface area (Å²) in [5.41, 5.74) is 4.18. The van der Waals surface area contributed by atoms with Gasteiger partial charge < -0.3 is 15.0 Å².